The zero-order valence-corrected chi connectivity index (χ0v) is 13.5. The molecule has 0 saturated carbocycles. The number of aromatic nitrogens is 2. The summed E-state index contributed by atoms with van der Waals surface area (Å²) >= 11 is 2.15. The zero-order chi connectivity index (χ0) is 15.4. The molecule has 4 atom stereocenters. The van der Waals surface area contributed by atoms with Gasteiger partial charge in [-0.3, -0.25) is 14.3 Å². The number of nitrogens with one attached hydrogen (secondary N) is 1. The average molecular weight is 412 g/mol. The lowest BCUT2D eigenvalue weighted by molar-refractivity contribution is -0.194. The number of hydrogen-bond acceptors (Lipinski definition) is 5. The Morgan fingerprint density at radius 3 is 2.71 bits per heavy atom. The Kier molecular flexibility index (Phi) is 3.71. The Morgan fingerprint density at radius 1 is 1.38 bits per heavy atom. The Labute approximate surface area is 132 Å². The number of halogens is 2. The quantitative estimate of drug-likeness (QED) is 0.566. The van der Waals surface area contributed by atoms with E-state index in [1.165, 1.54) is 0 Å². The summed E-state index contributed by atoms with van der Waals surface area (Å²) < 4.78 is 32.4. The molecule has 0 aromatic carbocycles. The van der Waals surface area contributed by atoms with Gasteiger partial charge in [0.1, 0.15) is 12.2 Å². The normalized spacial score (nSPS) is 34.1. The molecular weight excluding hydrogens is 398 g/mol. The molecular formula is C12H14FIN2O5. The fourth-order valence-electron chi connectivity index (χ4n) is 2.66. The second-order valence-corrected chi connectivity index (χ2v) is 6.31. The summed E-state index contributed by atoms with van der Waals surface area (Å²) in [4.78, 5) is 24.9. The molecule has 3 heterocycles. The van der Waals surface area contributed by atoms with Crippen molar-refractivity contribution < 1.29 is 18.6 Å². The van der Waals surface area contributed by atoms with Crippen molar-refractivity contribution in [3.05, 3.63) is 32.9 Å². The highest BCUT2D eigenvalue weighted by atomic mass is 127. The lowest BCUT2D eigenvalue weighted by Crippen LogP contribution is -2.38. The smallest absolute Gasteiger partial charge is 0.330 e. The largest absolute Gasteiger partial charge is 0.348 e. The molecule has 2 saturated heterocycles. The van der Waals surface area contributed by atoms with Gasteiger partial charge >= 0.3 is 5.69 Å². The van der Waals surface area contributed by atoms with Crippen LogP contribution in [0.5, 0.6) is 0 Å². The molecule has 1 aromatic heterocycles. The summed E-state index contributed by atoms with van der Waals surface area (Å²) in [5.41, 5.74) is -1.80. The third-order valence-corrected chi connectivity index (χ3v) is 4.34. The fraction of sp³-hybridized carbons (Fsp3) is 0.667. The lowest BCUT2D eigenvalue weighted by atomic mass is 10.1. The van der Waals surface area contributed by atoms with Gasteiger partial charge in [-0.05, 0) is 13.8 Å². The van der Waals surface area contributed by atoms with Crippen LogP contribution >= 0.6 is 22.6 Å². The summed E-state index contributed by atoms with van der Waals surface area (Å²) in [6.07, 6.45) is -1.15. The van der Waals surface area contributed by atoms with Crippen molar-refractivity contribution >= 4 is 22.6 Å². The summed E-state index contributed by atoms with van der Waals surface area (Å²) in [5, 5.41) is 0. The van der Waals surface area contributed by atoms with E-state index in [0.717, 1.165) is 10.8 Å². The van der Waals surface area contributed by atoms with Crippen molar-refractivity contribution in [1.29, 1.82) is 0 Å². The number of H-pyrrole nitrogens is 1. The van der Waals surface area contributed by atoms with Crippen molar-refractivity contribution in [3.63, 3.8) is 0 Å². The first-order valence-corrected chi connectivity index (χ1v) is 7.93. The average Bonchev–Trinajstić information content (AvgIpc) is 2.87. The molecule has 1 N–H and O–H groups in total. The molecule has 0 radical (unpaired) electrons. The van der Waals surface area contributed by atoms with Gasteiger partial charge in [-0.2, -0.15) is 4.39 Å². The fourth-order valence-corrected chi connectivity index (χ4v) is 3.37. The molecule has 1 aromatic rings. The van der Waals surface area contributed by atoms with Crippen molar-refractivity contribution in [2.75, 3.05) is 4.43 Å². The molecule has 3 rings (SSSR count). The van der Waals surface area contributed by atoms with Crippen LogP contribution in [0.3, 0.4) is 0 Å². The first-order chi connectivity index (χ1) is 9.82. The van der Waals surface area contributed by atoms with Crippen LogP contribution in [0.4, 0.5) is 4.39 Å². The number of alkyl halides is 1. The molecule has 1 unspecified atom stereocenters. The second kappa shape index (κ2) is 5.14. The Hall–Kier alpha value is -0.780. The molecule has 0 amide bonds. The summed E-state index contributed by atoms with van der Waals surface area (Å²) in [6, 6.07) is 0. The van der Waals surface area contributed by atoms with Gasteiger partial charge in [-0.25, -0.2) is 4.79 Å². The number of nitrogens with zero attached hydrogens (tertiary/aromatic N) is 1. The standard InChI is InChI=1S/C12H14FIN2O5/c1-12(2)20-7-6(3-14)19-10(8(7)21-12)16-4-5(13)9(17)15-11(16)18/h4,6-8,10H,3H2,1-2H3,(H,15,17,18)/t6-,7?,8+,10-/m1/s1. The molecule has 0 spiro atoms. The third-order valence-electron chi connectivity index (χ3n) is 3.48. The van der Waals surface area contributed by atoms with Crippen LogP contribution in [0.25, 0.3) is 0 Å². The Bertz CT molecular complexity index is 672. The van der Waals surface area contributed by atoms with E-state index in [2.05, 4.69) is 22.6 Å². The molecule has 0 bridgehead atoms. The Balaban J connectivity index is 2.01. The van der Waals surface area contributed by atoms with Crippen LogP contribution in [-0.2, 0) is 14.2 Å². The molecule has 2 aliphatic heterocycles. The van der Waals surface area contributed by atoms with Crippen molar-refractivity contribution in [2.24, 2.45) is 0 Å². The zero-order valence-electron chi connectivity index (χ0n) is 11.3. The maximum absolute atomic E-state index is 13.5. The van der Waals surface area contributed by atoms with E-state index < -0.39 is 35.2 Å². The van der Waals surface area contributed by atoms with Crippen LogP contribution in [0.1, 0.15) is 20.1 Å². The molecule has 2 aliphatic rings. The first-order valence-electron chi connectivity index (χ1n) is 6.40. The van der Waals surface area contributed by atoms with Gasteiger partial charge in [0.2, 0.25) is 5.82 Å². The topological polar surface area (TPSA) is 82.5 Å². The van der Waals surface area contributed by atoms with Crippen LogP contribution in [-0.4, -0.2) is 38.1 Å². The predicted molar refractivity (Wildman–Crippen MR) is 77.9 cm³/mol. The van der Waals surface area contributed by atoms with Crippen molar-refractivity contribution in [2.45, 2.75) is 44.2 Å². The van der Waals surface area contributed by atoms with E-state index in [1.807, 2.05) is 4.98 Å². The maximum Gasteiger partial charge on any atom is 0.330 e. The molecule has 21 heavy (non-hydrogen) atoms. The van der Waals surface area contributed by atoms with Crippen molar-refractivity contribution in [1.82, 2.24) is 9.55 Å². The first kappa shape index (κ1) is 15.1. The van der Waals surface area contributed by atoms with E-state index in [0.29, 0.717) is 4.43 Å². The van der Waals surface area contributed by atoms with E-state index in [-0.39, 0.29) is 12.2 Å². The van der Waals surface area contributed by atoms with Gasteiger partial charge in [0, 0.05) is 4.43 Å². The monoisotopic (exact) mass is 412 g/mol. The minimum Gasteiger partial charge on any atom is -0.348 e. The van der Waals surface area contributed by atoms with Gasteiger partial charge in [0.15, 0.2) is 12.0 Å². The van der Waals surface area contributed by atoms with Crippen LogP contribution < -0.4 is 11.2 Å². The number of aromatic amines is 1. The molecule has 9 heteroatoms. The minimum absolute atomic E-state index is 0.274. The van der Waals surface area contributed by atoms with Gasteiger partial charge in [-0.15, -0.1) is 0 Å². The maximum atomic E-state index is 13.5. The molecule has 2 fully saturated rings. The highest BCUT2D eigenvalue weighted by molar-refractivity contribution is 14.1. The lowest BCUT2D eigenvalue weighted by Gasteiger charge is -2.24. The predicted octanol–water partition coefficient (Wildman–Crippen LogP) is 0.528. The molecule has 116 valence electrons. The summed E-state index contributed by atoms with van der Waals surface area (Å²) in [7, 11) is 0. The number of ether oxygens (including phenoxy) is 3. The van der Waals surface area contributed by atoms with Crippen LogP contribution in [0.15, 0.2) is 15.8 Å². The molecule has 7 nitrogen and oxygen atoms in total. The van der Waals surface area contributed by atoms with E-state index in [4.69, 9.17) is 14.2 Å². The Morgan fingerprint density at radius 2 is 2.05 bits per heavy atom. The van der Waals surface area contributed by atoms with Crippen LogP contribution in [0, 0.1) is 5.82 Å². The van der Waals surface area contributed by atoms with Crippen molar-refractivity contribution in [3.8, 4) is 0 Å². The molecule has 0 aliphatic carbocycles. The number of hydrogen-bond donors (Lipinski definition) is 1. The minimum atomic E-state index is -1.06. The van der Waals surface area contributed by atoms with Gasteiger partial charge in [0.05, 0.1) is 12.3 Å². The second-order valence-electron chi connectivity index (χ2n) is 5.43. The number of rotatable bonds is 2. The van der Waals surface area contributed by atoms with Gasteiger partial charge in [0.25, 0.3) is 5.56 Å². The van der Waals surface area contributed by atoms with E-state index in [1.54, 1.807) is 13.8 Å². The SMILES string of the molecule is CC1(C)OC2[C@@H](CI)O[C@@H](n3cc(F)c(=O)[nH]c3=O)[C@H]2O1. The van der Waals surface area contributed by atoms with Crippen LogP contribution in [0.2, 0.25) is 0 Å². The third kappa shape index (κ3) is 2.56. The summed E-state index contributed by atoms with van der Waals surface area (Å²) in [5.74, 6) is -1.85. The number of fused-ring (bicyclic) bond motifs is 1. The highest BCUT2D eigenvalue weighted by Crippen LogP contribution is 2.42. The van der Waals surface area contributed by atoms with E-state index >= 15 is 0 Å². The van der Waals surface area contributed by atoms with Gasteiger partial charge < -0.3 is 14.2 Å². The van der Waals surface area contributed by atoms with E-state index in [9.17, 15) is 14.0 Å². The van der Waals surface area contributed by atoms with Gasteiger partial charge in [-0.1, -0.05) is 22.6 Å². The highest BCUT2D eigenvalue weighted by Gasteiger charge is 2.55. The summed E-state index contributed by atoms with van der Waals surface area (Å²) in [6.45, 7) is 3.53.